The van der Waals surface area contributed by atoms with Crippen LogP contribution in [0.25, 0.3) is 11.1 Å². The van der Waals surface area contributed by atoms with Crippen molar-refractivity contribution in [2.24, 2.45) is 0 Å². The summed E-state index contributed by atoms with van der Waals surface area (Å²) in [6.07, 6.45) is 6.13. The average Bonchev–Trinajstić information content (AvgIpc) is 2.55. The summed E-state index contributed by atoms with van der Waals surface area (Å²) >= 11 is 0. The number of pyridine rings is 1. The molecular formula is C17H16N2O2. The number of ether oxygens (including phenoxy) is 1. The van der Waals surface area contributed by atoms with E-state index >= 15 is 0 Å². The molecule has 0 saturated carbocycles. The van der Waals surface area contributed by atoms with Gasteiger partial charge in [-0.25, -0.2) is 4.98 Å². The predicted octanol–water partition coefficient (Wildman–Crippen LogP) is 3.05. The van der Waals surface area contributed by atoms with Crippen LogP contribution in [0.15, 0.2) is 54.7 Å². The second-order valence-corrected chi connectivity index (χ2v) is 4.79. The van der Waals surface area contributed by atoms with Crippen molar-refractivity contribution in [2.45, 2.75) is 6.42 Å². The van der Waals surface area contributed by atoms with Crippen LogP contribution in [-0.4, -0.2) is 24.5 Å². The molecule has 106 valence electrons. The molecule has 2 heterocycles. The summed E-state index contributed by atoms with van der Waals surface area (Å²) in [7, 11) is 1.61. The van der Waals surface area contributed by atoms with Crippen LogP contribution >= 0.6 is 0 Å². The van der Waals surface area contributed by atoms with Gasteiger partial charge in [-0.05, 0) is 42.3 Å². The van der Waals surface area contributed by atoms with Crippen molar-refractivity contribution >= 4 is 11.6 Å². The number of rotatable bonds is 3. The van der Waals surface area contributed by atoms with Crippen LogP contribution in [0.1, 0.15) is 6.42 Å². The minimum absolute atomic E-state index is 0.0351. The van der Waals surface area contributed by atoms with Gasteiger partial charge in [0, 0.05) is 24.0 Å². The molecule has 2 aromatic rings. The van der Waals surface area contributed by atoms with E-state index in [4.69, 9.17) is 4.74 Å². The lowest BCUT2D eigenvalue weighted by Gasteiger charge is -2.23. The highest BCUT2D eigenvalue weighted by molar-refractivity contribution is 6.02. The number of benzene rings is 1. The van der Waals surface area contributed by atoms with Gasteiger partial charge in [0.15, 0.2) is 0 Å². The number of hydrogen-bond acceptors (Lipinski definition) is 3. The predicted molar refractivity (Wildman–Crippen MR) is 82.3 cm³/mol. The van der Waals surface area contributed by atoms with Gasteiger partial charge in [0.25, 0.3) is 5.91 Å². The Morgan fingerprint density at radius 3 is 2.71 bits per heavy atom. The first kappa shape index (κ1) is 13.4. The van der Waals surface area contributed by atoms with Crippen LogP contribution in [-0.2, 0) is 4.79 Å². The minimum Gasteiger partial charge on any atom is -0.481 e. The first-order chi connectivity index (χ1) is 10.3. The van der Waals surface area contributed by atoms with Crippen molar-refractivity contribution in [1.82, 2.24) is 4.98 Å². The van der Waals surface area contributed by atoms with Crippen LogP contribution in [0.3, 0.4) is 0 Å². The Bertz CT molecular complexity index is 677. The Morgan fingerprint density at radius 1 is 1.19 bits per heavy atom. The Hall–Kier alpha value is -2.62. The Balaban J connectivity index is 1.91. The van der Waals surface area contributed by atoms with E-state index in [1.54, 1.807) is 24.3 Å². The largest absolute Gasteiger partial charge is 0.481 e. The first-order valence-corrected chi connectivity index (χ1v) is 6.87. The zero-order valence-electron chi connectivity index (χ0n) is 11.8. The summed E-state index contributed by atoms with van der Waals surface area (Å²) in [4.78, 5) is 17.8. The van der Waals surface area contributed by atoms with Gasteiger partial charge in [-0.15, -0.1) is 0 Å². The van der Waals surface area contributed by atoms with Crippen molar-refractivity contribution in [1.29, 1.82) is 0 Å². The molecule has 0 fully saturated rings. The number of hydrogen-bond donors (Lipinski definition) is 0. The molecule has 0 bridgehead atoms. The molecule has 0 saturated heterocycles. The van der Waals surface area contributed by atoms with E-state index in [9.17, 15) is 4.79 Å². The maximum atomic E-state index is 11.9. The van der Waals surface area contributed by atoms with Crippen LogP contribution in [0, 0.1) is 0 Å². The maximum Gasteiger partial charge on any atom is 0.250 e. The molecule has 0 aliphatic carbocycles. The average molecular weight is 280 g/mol. The van der Waals surface area contributed by atoms with Gasteiger partial charge >= 0.3 is 0 Å². The van der Waals surface area contributed by atoms with E-state index in [2.05, 4.69) is 4.98 Å². The second-order valence-electron chi connectivity index (χ2n) is 4.79. The van der Waals surface area contributed by atoms with Crippen molar-refractivity contribution < 1.29 is 9.53 Å². The molecule has 1 aromatic carbocycles. The number of carbonyl (C=O) groups excluding carboxylic acids is 1. The molecule has 0 atom stereocenters. The fraction of sp³-hybridized carbons (Fsp3) is 0.176. The highest BCUT2D eigenvalue weighted by atomic mass is 16.5. The topological polar surface area (TPSA) is 42.4 Å². The number of aromatic nitrogens is 1. The molecule has 0 N–H and O–H groups in total. The molecule has 1 aliphatic heterocycles. The smallest absolute Gasteiger partial charge is 0.250 e. The lowest BCUT2D eigenvalue weighted by molar-refractivity contribution is -0.114. The Kier molecular flexibility index (Phi) is 3.69. The fourth-order valence-electron chi connectivity index (χ4n) is 2.44. The Labute approximate surface area is 123 Å². The number of nitrogens with zero attached hydrogens (tertiary/aromatic N) is 2. The van der Waals surface area contributed by atoms with E-state index in [-0.39, 0.29) is 5.91 Å². The number of methoxy groups -OCH3 is 1. The summed E-state index contributed by atoms with van der Waals surface area (Å²) in [5.74, 6) is 0.634. The molecule has 3 rings (SSSR count). The third-order valence-corrected chi connectivity index (χ3v) is 3.50. The Morgan fingerprint density at radius 2 is 2.00 bits per heavy atom. The monoisotopic (exact) mass is 280 g/mol. The second kappa shape index (κ2) is 5.79. The maximum absolute atomic E-state index is 11.9. The summed E-state index contributed by atoms with van der Waals surface area (Å²) in [6.45, 7) is 0.727. The van der Waals surface area contributed by atoms with Gasteiger partial charge in [0.1, 0.15) is 0 Å². The molecule has 21 heavy (non-hydrogen) atoms. The van der Waals surface area contributed by atoms with Crippen molar-refractivity contribution in [3.05, 3.63) is 54.7 Å². The summed E-state index contributed by atoms with van der Waals surface area (Å²) in [5.41, 5.74) is 2.87. The molecule has 4 heteroatoms. The SMILES string of the molecule is COc1ncccc1-c1ccc(N2CCC=CC2=O)cc1. The molecule has 0 radical (unpaired) electrons. The summed E-state index contributed by atoms with van der Waals surface area (Å²) in [5, 5.41) is 0. The molecular weight excluding hydrogens is 264 g/mol. The molecule has 1 aliphatic rings. The zero-order valence-corrected chi connectivity index (χ0v) is 11.8. The quantitative estimate of drug-likeness (QED) is 0.867. The van der Waals surface area contributed by atoms with Gasteiger partial charge in [-0.3, -0.25) is 4.79 Å². The van der Waals surface area contributed by atoms with Crippen molar-refractivity contribution in [3.8, 4) is 17.0 Å². The van der Waals surface area contributed by atoms with E-state index in [0.29, 0.717) is 5.88 Å². The van der Waals surface area contributed by atoms with Crippen molar-refractivity contribution in [3.63, 3.8) is 0 Å². The van der Waals surface area contributed by atoms with Crippen molar-refractivity contribution in [2.75, 3.05) is 18.6 Å². The van der Waals surface area contributed by atoms with Crippen LogP contribution in [0.5, 0.6) is 5.88 Å². The van der Waals surface area contributed by atoms with E-state index in [0.717, 1.165) is 29.8 Å². The number of amides is 1. The van der Waals surface area contributed by atoms with E-state index < -0.39 is 0 Å². The van der Waals surface area contributed by atoms with Gasteiger partial charge < -0.3 is 9.64 Å². The van der Waals surface area contributed by atoms with Gasteiger partial charge in [0.2, 0.25) is 5.88 Å². The standard InChI is InChI=1S/C17H16N2O2/c1-21-17-15(5-4-11-18-17)13-7-9-14(10-8-13)19-12-3-2-6-16(19)20/h2,4-11H,3,12H2,1H3. The minimum atomic E-state index is 0.0351. The molecule has 0 spiro atoms. The highest BCUT2D eigenvalue weighted by Gasteiger charge is 2.15. The number of anilines is 1. The molecule has 0 unspecified atom stereocenters. The zero-order chi connectivity index (χ0) is 14.7. The van der Waals surface area contributed by atoms with Crippen LogP contribution in [0.2, 0.25) is 0 Å². The van der Waals surface area contributed by atoms with Gasteiger partial charge in [0.05, 0.1) is 7.11 Å². The van der Waals surface area contributed by atoms with E-state index in [1.807, 2.05) is 42.5 Å². The summed E-state index contributed by atoms with van der Waals surface area (Å²) in [6, 6.07) is 11.7. The highest BCUT2D eigenvalue weighted by Crippen LogP contribution is 2.29. The number of carbonyl (C=O) groups is 1. The first-order valence-electron chi connectivity index (χ1n) is 6.87. The van der Waals surface area contributed by atoms with Gasteiger partial charge in [-0.2, -0.15) is 0 Å². The van der Waals surface area contributed by atoms with Crippen LogP contribution < -0.4 is 9.64 Å². The van der Waals surface area contributed by atoms with E-state index in [1.165, 1.54) is 0 Å². The molecule has 1 aromatic heterocycles. The normalized spacial score (nSPS) is 14.3. The lowest BCUT2D eigenvalue weighted by atomic mass is 10.1. The third kappa shape index (κ3) is 2.65. The van der Waals surface area contributed by atoms with Crippen LogP contribution in [0.4, 0.5) is 5.69 Å². The molecule has 4 nitrogen and oxygen atoms in total. The summed E-state index contributed by atoms with van der Waals surface area (Å²) < 4.78 is 5.28. The third-order valence-electron chi connectivity index (χ3n) is 3.50. The fourth-order valence-corrected chi connectivity index (χ4v) is 2.44. The van der Waals surface area contributed by atoms with Gasteiger partial charge in [-0.1, -0.05) is 18.2 Å². The lowest BCUT2D eigenvalue weighted by Crippen LogP contribution is -2.32. The molecule has 1 amide bonds.